The SMILES string of the molecule is Cc1cccc(C(CNC(=O)CCc2cn[nH]c2)N(C)C)c1. The molecule has 0 aliphatic heterocycles. The van der Waals surface area contributed by atoms with Gasteiger partial charge in [0.2, 0.25) is 5.91 Å². The van der Waals surface area contributed by atoms with Crippen LogP contribution >= 0.6 is 0 Å². The van der Waals surface area contributed by atoms with E-state index in [2.05, 4.69) is 51.6 Å². The second kappa shape index (κ2) is 7.75. The number of nitrogens with zero attached hydrogens (tertiary/aromatic N) is 2. The molecule has 0 aliphatic carbocycles. The van der Waals surface area contributed by atoms with Crippen LogP contribution in [-0.4, -0.2) is 41.6 Å². The van der Waals surface area contributed by atoms with E-state index in [1.54, 1.807) is 6.20 Å². The van der Waals surface area contributed by atoms with Crippen LogP contribution in [0.15, 0.2) is 36.7 Å². The summed E-state index contributed by atoms with van der Waals surface area (Å²) in [7, 11) is 4.06. The lowest BCUT2D eigenvalue weighted by Gasteiger charge is -2.25. The fourth-order valence-electron chi connectivity index (χ4n) is 2.45. The van der Waals surface area contributed by atoms with Gasteiger partial charge in [-0.1, -0.05) is 29.8 Å². The summed E-state index contributed by atoms with van der Waals surface area (Å²) < 4.78 is 0. The van der Waals surface area contributed by atoms with Gasteiger partial charge in [-0.2, -0.15) is 5.10 Å². The minimum absolute atomic E-state index is 0.0701. The smallest absolute Gasteiger partial charge is 0.220 e. The molecular weight excluding hydrogens is 276 g/mol. The number of H-pyrrole nitrogens is 1. The van der Waals surface area contributed by atoms with Crippen molar-refractivity contribution in [3.05, 3.63) is 53.3 Å². The van der Waals surface area contributed by atoms with Gasteiger partial charge in [0.05, 0.1) is 12.2 Å². The minimum Gasteiger partial charge on any atom is -0.354 e. The quantitative estimate of drug-likeness (QED) is 0.823. The summed E-state index contributed by atoms with van der Waals surface area (Å²) in [5.74, 6) is 0.0701. The van der Waals surface area contributed by atoms with Crippen molar-refractivity contribution in [3.63, 3.8) is 0 Å². The summed E-state index contributed by atoms with van der Waals surface area (Å²) in [6.07, 6.45) is 4.76. The monoisotopic (exact) mass is 300 g/mol. The topological polar surface area (TPSA) is 61.0 Å². The first kappa shape index (κ1) is 16.2. The second-order valence-electron chi connectivity index (χ2n) is 5.80. The van der Waals surface area contributed by atoms with E-state index >= 15 is 0 Å². The summed E-state index contributed by atoms with van der Waals surface area (Å²) >= 11 is 0. The highest BCUT2D eigenvalue weighted by molar-refractivity contribution is 5.76. The lowest BCUT2D eigenvalue weighted by Crippen LogP contribution is -2.34. The number of aryl methyl sites for hydroxylation is 2. The van der Waals surface area contributed by atoms with E-state index in [0.717, 1.165) is 5.56 Å². The van der Waals surface area contributed by atoms with Crippen molar-refractivity contribution in [3.8, 4) is 0 Å². The van der Waals surface area contributed by atoms with Gasteiger partial charge in [-0.05, 0) is 38.6 Å². The number of aromatic amines is 1. The largest absolute Gasteiger partial charge is 0.354 e. The van der Waals surface area contributed by atoms with Crippen LogP contribution in [0.5, 0.6) is 0 Å². The maximum Gasteiger partial charge on any atom is 0.220 e. The third kappa shape index (κ3) is 4.70. The first-order valence-corrected chi connectivity index (χ1v) is 7.53. The lowest BCUT2D eigenvalue weighted by atomic mass is 10.0. The molecular formula is C17H24N4O. The predicted molar refractivity (Wildman–Crippen MR) is 87.5 cm³/mol. The van der Waals surface area contributed by atoms with E-state index in [0.29, 0.717) is 19.4 Å². The number of nitrogens with one attached hydrogen (secondary N) is 2. The normalized spacial score (nSPS) is 12.4. The van der Waals surface area contributed by atoms with Crippen LogP contribution < -0.4 is 5.32 Å². The van der Waals surface area contributed by atoms with Crippen LogP contribution in [0.25, 0.3) is 0 Å². The fraction of sp³-hybridized carbons (Fsp3) is 0.412. The summed E-state index contributed by atoms with van der Waals surface area (Å²) in [5.41, 5.74) is 3.51. The Morgan fingerprint density at radius 1 is 1.41 bits per heavy atom. The Balaban J connectivity index is 1.87. The molecule has 0 aliphatic rings. The standard InChI is InChI=1S/C17H24N4O/c1-13-5-4-6-15(9-13)16(21(2)3)12-18-17(22)8-7-14-10-19-20-11-14/h4-6,9-11,16H,7-8,12H2,1-3H3,(H,18,22)(H,19,20). The zero-order valence-electron chi connectivity index (χ0n) is 13.5. The first-order chi connectivity index (χ1) is 10.6. The summed E-state index contributed by atoms with van der Waals surface area (Å²) in [4.78, 5) is 14.1. The number of carbonyl (C=O) groups is 1. The van der Waals surface area contributed by atoms with Crippen molar-refractivity contribution in [2.75, 3.05) is 20.6 Å². The van der Waals surface area contributed by atoms with Crippen LogP contribution in [0.3, 0.4) is 0 Å². The predicted octanol–water partition coefficient (Wildman–Crippen LogP) is 2.07. The van der Waals surface area contributed by atoms with E-state index in [1.807, 2.05) is 20.3 Å². The van der Waals surface area contributed by atoms with Crippen molar-refractivity contribution in [2.45, 2.75) is 25.8 Å². The summed E-state index contributed by atoms with van der Waals surface area (Å²) in [5, 5.41) is 9.67. The molecule has 118 valence electrons. The average Bonchev–Trinajstić information content (AvgIpc) is 2.98. The minimum atomic E-state index is 0.0701. The second-order valence-corrected chi connectivity index (χ2v) is 5.80. The van der Waals surface area contributed by atoms with Crippen LogP contribution in [0.1, 0.15) is 29.2 Å². The number of hydrogen-bond donors (Lipinski definition) is 2. The molecule has 2 rings (SSSR count). The maximum absolute atomic E-state index is 12.0. The van der Waals surface area contributed by atoms with Gasteiger partial charge in [0.15, 0.2) is 0 Å². The Hall–Kier alpha value is -2.14. The summed E-state index contributed by atoms with van der Waals surface area (Å²) in [6.45, 7) is 2.69. The highest BCUT2D eigenvalue weighted by Crippen LogP contribution is 2.18. The highest BCUT2D eigenvalue weighted by atomic mass is 16.1. The molecule has 1 amide bonds. The Kier molecular flexibility index (Phi) is 5.72. The number of rotatable bonds is 7. The Morgan fingerprint density at radius 2 is 2.23 bits per heavy atom. The third-order valence-electron chi connectivity index (χ3n) is 3.74. The molecule has 5 nitrogen and oxygen atoms in total. The number of likely N-dealkylation sites (N-methyl/N-ethyl adjacent to an activating group) is 1. The van der Waals surface area contributed by atoms with E-state index in [1.165, 1.54) is 11.1 Å². The van der Waals surface area contributed by atoms with Crippen LogP contribution in [-0.2, 0) is 11.2 Å². The molecule has 0 saturated heterocycles. The van der Waals surface area contributed by atoms with Crippen LogP contribution in [0.2, 0.25) is 0 Å². The molecule has 1 heterocycles. The summed E-state index contributed by atoms with van der Waals surface area (Å²) in [6, 6.07) is 8.59. The maximum atomic E-state index is 12.0. The van der Waals surface area contributed by atoms with Gasteiger partial charge in [-0.25, -0.2) is 0 Å². The van der Waals surface area contributed by atoms with Gasteiger partial charge < -0.3 is 10.2 Å². The molecule has 22 heavy (non-hydrogen) atoms. The number of carbonyl (C=O) groups excluding carboxylic acids is 1. The van der Waals surface area contributed by atoms with Gasteiger partial charge in [0.1, 0.15) is 0 Å². The number of hydrogen-bond acceptors (Lipinski definition) is 3. The third-order valence-corrected chi connectivity index (χ3v) is 3.74. The fourth-order valence-corrected chi connectivity index (χ4v) is 2.45. The van der Waals surface area contributed by atoms with Crippen molar-refractivity contribution < 1.29 is 4.79 Å². The Labute approximate surface area is 131 Å². The van der Waals surface area contributed by atoms with Gasteiger partial charge in [-0.15, -0.1) is 0 Å². The van der Waals surface area contributed by atoms with E-state index in [4.69, 9.17) is 0 Å². The van der Waals surface area contributed by atoms with E-state index in [-0.39, 0.29) is 11.9 Å². The van der Waals surface area contributed by atoms with Gasteiger partial charge >= 0.3 is 0 Å². The molecule has 1 unspecified atom stereocenters. The molecule has 5 heteroatoms. The average molecular weight is 300 g/mol. The van der Waals surface area contributed by atoms with Crippen molar-refractivity contribution in [2.24, 2.45) is 0 Å². The Morgan fingerprint density at radius 3 is 2.86 bits per heavy atom. The Bertz CT molecular complexity index is 592. The van der Waals surface area contributed by atoms with Crippen molar-refractivity contribution >= 4 is 5.91 Å². The zero-order valence-corrected chi connectivity index (χ0v) is 13.5. The number of benzene rings is 1. The molecule has 1 aromatic heterocycles. The first-order valence-electron chi connectivity index (χ1n) is 7.53. The molecule has 1 atom stereocenters. The molecule has 2 aromatic rings. The van der Waals surface area contributed by atoms with Gasteiger partial charge in [-0.3, -0.25) is 9.89 Å². The number of aromatic nitrogens is 2. The molecule has 0 fully saturated rings. The van der Waals surface area contributed by atoms with Gasteiger partial charge in [0, 0.05) is 19.2 Å². The molecule has 0 bridgehead atoms. The highest BCUT2D eigenvalue weighted by Gasteiger charge is 2.15. The van der Waals surface area contributed by atoms with Crippen LogP contribution in [0, 0.1) is 6.92 Å². The van der Waals surface area contributed by atoms with Gasteiger partial charge in [0.25, 0.3) is 0 Å². The van der Waals surface area contributed by atoms with Crippen molar-refractivity contribution in [1.82, 2.24) is 20.4 Å². The number of amides is 1. The van der Waals surface area contributed by atoms with Crippen LogP contribution in [0.4, 0.5) is 0 Å². The molecule has 0 spiro atoms. The molecule has 0 radical (unpaired) electrons. The lowest BCUT2D eigenvalue weighted by molar-refractivity contribution is -0.121. The van der Waals surface area contributed by atoms with E-state index in [9.17, 15) is 4.79 Å². The zero-order chi connectivity index (χ0) is 15.9. The molecule has 2 N–H and O–H groups in total. The molecule has 1 aromatic carbocycles. The molecule has 0 saturated carbocycles. The van der Waals surface area contributed by atoms with Crippen molar-refractivity contribution in [1.29, 1.82) is 0 Å². The van der Waals surface area contributed by atoms with E-state index < -0.39 is 0 Å².